The molecule has 2 aromatic heterocycles. The van der Waals surface area contributed by atoms with Gasteiger partial charge in [-0.15, -0.1) is 0 Å². The number of benzene rings is 7. The zero-order chi connectivity index (χ0) is 32.6. The van der Waals surface area contributed by atoms with Gasteiger partial charge in [-0.3, -0.25) is 0 Å². The lowest BCUT2D eigenvalue weighted by Crippen LogP contribution is -2.00. The Balaban J connectivity index is 1.21. The predicted octanol–water partition coefficient (Wildman–Crippen LogP) is 11.8. The van der Waals surface area contributed by atoms with Crippen LogP contribution in [-0.2, 0) is 0 Å². The Hall–Kier alpha value is -6.65. The van der Waals surface area contributed by atoms with Crippen LogP contribution in [0.2, 0.25) is 0 Å². The van der Waals surface area contributed by atoms with E-state index in [9.17, 15) is 0 Å². The summed E-state index contributed by atoms with van der Waals surface area (Å²) < 4.78 is 6.48. The molecular formula is C45H29N3O. The van der Waals surface area contributed by atoms with Crippen LogP contribution in [0.4, 0.5) is 0 Å². The van der Waals surface area contributed by atoms with Gasteiger partial charge in [0.1, 0.15) is 11.2 Å². The van der Waals surface area contributed by atoms with Crippen molar-refractivity contribution in [3.63, 3.8) is 0 Å². The van der Waals surface area contributed by atoms with E-state index in [0.717, 1.165) is 55.3 Å². The van der Waals surface area contributed by atoms with Gasteiger partial charge in [0.15, 0.2) is 17.5 Å². The number of furan rings is 1. The smallest absolute Gasteiger partial charge is 0.164 e. The third kappa shape index (κ3) is 5.35. The Morgan fingerprint density at radius 1 is 0.265 bits per heavy atom. The second kappa shape index (κ2) is 12.2. The third-order valence-electron chi connectivity index (χ3n) is 8.98. The summed E-state index contributed by atoms with van der Waals surface area (Å²) in [7, 11) is 0. The first-order valence-electron chi connectivity index (χ1n) is 16.4. The van der Waals surface area contributed by atoms with Gasteiger partial charge in [-0.1, -0.05) is 164 Å². The summed E-state index contributed by atoms with van der Waals surface area (Å²) in [5.74, 6) is 1.83. The Labute approximate surface area is 284 Å². The number of hydrogen-bond donors (Lipinski definition) is 0. The highest BCUT2D eigenvalue weighted by Gasteiger charge is 2.20. The maximum Gasteiger partial charge on any atom is 0.164 e. The zero-order valence-corrected chi connectivity index (χ0v) is 26.5. The van der Waals surface area contributed by atoms with Gasteiger partial charge in [-0.25, -0.2) is 15.0 Å². The molecule has 0 bridgehead atoms. The Morgan fingerprint density at radius 2 is 0.633 bits per heavy atom. The maximum atomic E-state index is 6.48. The number of fused-ring (bicyclic) bond motifs is 3. The van der Waals surface area contributed by atoms with Crippen LogP contribution < -0.4 is 0 Å². The van der Waals surface area contributed by atoms with Gasteiger partial charge >= 0.3 is 0 Å². The van der Waals surface area contributed by atoms with E-state index in [1.165, 1.54) is 16.7 Å². The van der Waals surface area contributed by atoms with Crippen LogP contribution in [-0.4, -0.2) is 15.0 Å². The lowest BCUT2D eigenvalue weighted by Gasteiger charge is -2.11. The van der Waals surface area contributed by atoms with E-state index >= 15 is 0 Å². The minimum Gasteiger partial charge on any atom is -0.456 e. The molecule has 0 aliphatic carbocycles. The minimum atomic E-state index is 0.596. The molecule has 2 heterocycles. The maximum absolute atomic E-state index is 6.48. The van der Waals surface area contributed by atoms with Crippen LogP contribution in [0.25, 0.3) is 89.5 Å². The van der Waals surface area contributed by atoms with Crippen molar-refractivity contribution in [3.8, 4) is 67.5 Å². The molecule has 0 fully saturated rings. The van der Waals surface area contributed by atoms with Crippen LogP contribution in [0, 0.1) is 0 Å². The molecule has 0 radical (unpaired) electrons. The first-order chi connectivity index (χ1) is 24.3. The summed E-state index contributed by atoms with van der Waals surface area (Å²) >= 11 is 0. The van der Waals surface area contributed by atoms with Gasteiger partial charge < -0.3 is 4.42 Å². The lowest BCUT2D eigenvalue weighted by molar-refractivity contribution is 0.669. The molecular weight excluding hydrogens is 599 g/mol. The van der Waals surface area contributed by atoms with Gasteiger partial charge in [0.05, 0.1) is 0 Å². The number of aromatic nitrogens is 3. The standard InChI is InChI=1S/C45H29N3O/c1-4-12-30(13-5-1)32-22-26-34(27-23-32)37-18-10-20-39-41(37)42-38(19-11-21-40(42)49-39)45-47-43(35-16-8-3-9-17-35)46-44(48-45)36-28-24-33(25-29-36)31-14-6-2-7-15-31/h1-29H. The molecule has 0 aliphatic heterocycles. The van der Waals surface area contributed by atoms with E-state index in [0.29, 0.717) is 17.5 Å². The van der Waals surface area contributed by atoms with Crippen LogP contribution >= 0.6 is 0 Å². The normalized spacial score (nSPS) is 11.3. The molecule has 0 amide bonds. The fourth-order valence-corrected chi connectivity index (χ4v) is 6.55. The van der Waals surface area contributed by atoms with Gasteiger partial charge in [0.2, 0.25) is 0 Å². The van der Waals surface area contributed by atoms with Crippen molar-refractivity contribution < 1.29 is 4.42 Å². The van der Waals surface area contributed by atoms with E-state index < -0.39 is 0 Å². The molecule has 4 heteroatoms. The topological polar surface area (TPSA) is 51.8 Å². The van der Waals surface area contributed by atoms with Crippen LogP contribution in [0.15, 0.2) is 180 Å². The van der Waals surface area contributed by atoms with E-state index in [-0.39, 0.29) is 0 Å². The summed E-state index contributed by atoms with van der Waals surface area (Å²) in [4.78, 5) is 15.2. The molecule has 7 aromatic carbocycles. The summed E-state index contributed by atoms with van der Waals surface area (Å²) in [6.07, 6.45) is 0. The molecule has 0 aliphatic rings. The lowest BCUT2D eigenvalue weighted by atomic mass is 9.95. The molecule has 49 heavy (non-hydrogen) atoms. The minimum absolute atomic E-state index is 0.596. The van der Waals surface area contributed by atoms with Gasteiger partial charge in [-0.2, -0.15) is 0 Å². The average molecular weight is 628 g/mol. The zero-order valence-electron chi connectivity index (χ0n) is 26.5. The van der Waals surface area contributed by atoms with Crippen LogP contribution in [0.1, 0.15) is 0 Å². The van der Waals surface area contributed by atoms with E-state index in [1.807, 2.05) is 60.7 Å². The molecule has 0 unspecified atom stereocenters. The van der Waals surface area contributed by atoms with Crippen molar-refractivity contribution in [2.75, 3.05) is 0 Å². The van der Waals surface area contributed by atoms with Gasteiger partial charge in [-0.05, 0) is 45.5 Å². The van der Waals surface area contributed by atoms with Crippen molar-refractivity contribution in [2.45, 2.75) is 0 Å². The highest BCUT2D eigenvalue weighted by atomic mass is 16.3. The molecule has 0 saturated carbocycles. The molecule has 230 valence electrons. The van der Waals surface area contributed by atoms with E-state index in [2.05, 4.69) is 115 Å². The molecule has 4 nitrogen and oxygen atoms in total. The largest absolute Gasteiger partial charge is 0.456 e. The second-order valence-electron chi connectivity index (χ2n) is 12.0. The monoisotopic (exact) mass is 627 g/mol. The van der Waals surface area contributed by atoms with Crippen LogP contribution in [0.3, 0.4) is 0 Å². The molecule has 0 spiro atoms. The van der Waals surface area contributed by atoms with Crippen molar-refractivity contribution in [1.82, 2.24) is 15.0 Å². The first kappa shape index (κ1) is 28.6. The molecule has 9 rings (SSSR count). The highest BCUT2D eigenvalue weighted by molar-refractivity contribution is 6.17. The summed E-state index contributed by atoms with van der Waals surface area (Å²) in [6.45, 7) is 0. The van der Waals surface area contributed by atoms with Crippen molar-refractivity contribution in [2.24, 2.45) is 0 Å². The third-order valence-corrected chi connectivity index (χ3v) is 8.98. The molecule has 0 saturated heterocycles. The number of rotatable bonds is 6. The number of hydrogen-bond acceptors (Lipinski definition) is 4. The van der Waals surface area contributed by atoms with Crippen molar-refractivity contribution in [3.05, 3.63) is 176 Å². The predicted molar refractivity (Wildman–Crippen MR) is 200 cm³/mol. The van der Waals surface area contributed by atoms with E-state index in [4.69, 9.17) is 19.4 Å². The summed E-state index contributed by atoms with van der Waals surface area (Å²) in [5, 5.41) is 2.02. The first-order valence-corrected chi connectivity index (χ1v) is 16.4. The SMILES string of the molecule is c1ccc(-c2ccc(-c3nc(-c4ccccc4)nc(-c4cccc5oc6cccc(-c7ccc(-c8ccccc8)cc7)c6c45)n3)cc2)cc1. The summed E-state index contributed by atoms with van der Waals surface area (Å²) in [6, 6.07) is 60.4. The van der Waals surface area contributed by atoms with E-state index in [1.54, 1.807) is 0 Å². The average Bonchev–Trinajstić information content (AvgIpc) is 3.58. The Morgan fingerprint density at radius 3 is 1.16 bits per heavy atom. The van der Waals surface area contributed by atoms with Gasteiger partial charge in [0, 0.05) is 27.5 Å². The fraction of sp³-hybridized carbons (Fsp3) is 0. The van der Waals surface area contributed by atoms with Crippen LogP contribution in [0.5, 0.6) is 0 Å². The Kier molecular flexibility index (Phi) is 7.10. The highest BCUT2D eigenvalue weighted by Crippen LogP contribution is 2.41. The fourth-order valence-electron chi connectivity index (χ4n) is 6.55. The van der Waals surface area contributed by atoms with Gasteiger partial charge in [0.25, 0.3) is 0 Å². The molecule has 0 atom stereocenters. The summed E-state index contributed by atoms with van der Waals surface area (Å²) in [5.41, 5.74) is 11.2. The number of nitrogens with zero attached hydrogens (tertiary/aromatic N) is 3. The van der Waals surface area contributed by atoms with Crippen molar-refractivity contribution in [1.29, 1.82) is 0 Å². The molecule has 0 N–H and O–H groups in total. The Bertz CT molecular complexity index is 2560. The van der Waals surface area contributed by atoms with Crippen molar-refractivity contribution >= 4 is 21.9 Å². The second-order valence-corrected chi connectivity index (χ2v) is 12.0. The quantitative estimate of drug-likeness (QED) is 0.184. The molecule has 9 aromatic rings.